The fourth-order valence-corrected chi connectivity index (χ4v) is 6.42. The summed E-state index contributed by atoms with van der Waals surface area (Å²) >= 11 is 0. The van der Waals surface area contributed by atoms with Gasteiger partial charge in [0, 0.05) is 23.3 Å². The molecule has 0 spiro atoms. The smallest absolute Gasteiger partial charge is 0.346 e. The maximum atomic E-state index is 11.1. The fraction of sp³-hybridized carbons (Fsp3) is 0.189. The lowest BCUT2D eigenvalue weighted by molar-refractivity contribution is -0.132. The zero-order chi connectivity index (χ0) is 28.3. The molecule has 41 heavy (non-hydrogen) atoms. The molecule has 4 aromatic rings. The highest BCUT2D eigenvalue weighted by atomic mass is 16.4. The van der Waals surface area contributed by atoms with E-state index in [9.17, 15) is 4.79 Å². The second-order valence-electron chi connectivity index (χ2n) is 10.9. The normalized spacial score (nSPS) is 18.1. The molecule has 202 valence electrons. The molecule has 0 aromatic heterocycles. The van der Waals surface area contributed by atoms with E-state index in [1.807, 2.05) is 24.3 Å². The molecular weight excluding hydrogens is 504 g/mol. The molecule has 4 aromatic carbocycles. The number of carboxylic acid groups (broad SMARTS) is 1. The number of nitrogens with zero attached hydrogens (tertiary/aromatic N) is 2. The molecule has 6 rings (SSSR count). The van der Waals surface area contributed by atoms with Crippen LogP contribution in [0.25, 0.3) is 34.4 Å². The molecule has 2 atom stereocenters. The van der Waals surface area contributed by atoms with Crippen LogP contribution in [0.3, 0.4) is 0 Å². The Morgan fingerprint density at radius 1 is 0.829 bits per heavy atom. The van der Waals surface area contributed by atoms with Crippen molar-refractivity contribution in [2.24, 2.45) is 0 Å². The number of fused-ring (bicyclic) bond motifs is 3. The molecule has 0 radical (unpaired) electrons. The predicted molar refractivity (Wildman–Crippen MR) is 167 cm³/mol. The van der Waals surface area contributed by atoms with Crippen LogP contribution in [0.1, 0.15) is 55.2 Å². The maximum Gasteiger partial charge on any atom is 0.346 e. The fourth-order valence-electron chi connectivity index (χ4n) is 6.42. The van der Waals surface area contributed by atoms with E-state index in [2.05, 4.69) is 90.7 Å². The summed E-state index contributed by atoms with van der Waals surface area (Å²) in [6.07, 6.45) is 10.6. The third kappa shape index (κ3) is 5.19. The number of carbonyl (C=O) groups is 1. The Bertz CT molecular complexity index is 1670. The zero-order valence-corrected chi connectivity index (χ0v) is 23.1. The number of anilines is 2. The molecule has 4 nitrogen and oxygen atoms in total. The Balaban J connectivity index is 1.27. The van der Waals surface area contributed by atoms with Gasteiger partial charge in [-0.05, 0) is 89.1 Å². The van der Waals surface area contributed by atoms with Crippen molar-refractivity contribution >= 4 is 29.5 Å². The minimum absolute atomic E-state index is 0.276. The Morgan fingerprint density at radius 3 is 2.05 bits per heavy atom. The van der Waals surface area contributed by atoms with Crippen molar-refractivity contribution in [1.29, 1.82) is 5.26 Å². The van der Waals surface area contributed by atoms with Crippen molar-refractivity contribution in [2.75, 3.05) is 4.90 Å². The number of hydrogen-bond acceptors (Lipinski definition) is 3. The van der Waals surface area contributed by atoms with Crippen LogP contribution in [0.15, 0.2) is 103 Å². The average molecular weight is 537 g/mol. The van der Waals surface area contributed by atoms with E-state index in [1.54, 1.807) is 6.07 Å². The van der Waals surface area contributed by atoms with E-state index in [-0.39, 0.29) is 5.57 Å². The first-order chi connectivity index (χ1) is 20.1. The maximum absolute atomic E-state index is 11.1. The van der Waals surface area contributed by atoms with Crippen LogP contribution in [0.4, 0.5) is 11.4 Å². The van der Waals surface area contributed by atoms with Crippen LogP contribution in [0.2, 0.25) is 0 Å². The monoisotopic (exact) mass is 536 g/mol. The lowest BCUT2D eigenvalue weighted by atomic mass is 9.82. The molecule has 1 heterocycles. The topological polar surface area (TPSA) is 64.3 Å². The lowest BCUT2D eigenvalue weighted by Crippen LogP contribution is -2.32. The summed E-state index contributed by atoms with van der Waals surface area (Å²) in [6.45, 7) is 2.05. The Morgan fingerprint density at radius 2 is 1.41 bits per heavy atom. The van der Waals surface area contributed by atoms with Crippen LogP contribution < -0.4 is 4.90 Å². The summed E-state index contributed by atoms with van der Waals surface area (Å²) in [5.41, 5.74) is 10.3. The number of hydrogen-bond donors (Lipinski definition) is 1. The summed E-state index contributed by atoms with van der Waals surface area (Å²) in [4.78, 5) is 13.7. The predicted octanol–water partition coefficient (Wildman–Crippen LogP) is 9.22. The van der Waals surface area contributed by atoms with Crippen molar-refractivity contribution in [3.05, 3.63) is 119 Å². The van der Waals surface area contributed by atoms with Gasteiger partial charge in [-0.1, -0.05) is 91.7 Å². The van der Waals surface area contributed by atoms with Crippen molar-refractivity contribution in [3.63, 3.8) is 0 Å². The highest BCUT2D eigenvalue weighted by Crippen LogP contribution is 2.51. The lowest BCUT2D eigenvalue weighted by Gasteiger charge is -2.33. The quantitative estimate of drug-likeness (QED) is 0.197. The average Bonchev–Trinajstić information content (AvgIpc) is 3.34. The highest BCUT2D eigenvalue weighted by molar-refractivity contribution is 5.96. The van der Waals surface area contributed by atoms with Gasteiger partial charge in [0.25, 0.3) is 0 Å². The van der Waals surface area contributed by atoms with E-state index >= 15 is 0 Å². The molecule has 1 fully saturated rings. The van der Waals surface area contributed by atoms with Gasteiger partial charge in [-0.3, -0.25) is 0 Å². The summed E-state index contributed by atoms with van der Waals surface area (Å²) < 4.78 is 0. The first-order valence-corrected chi connectivity index (χ1v) is 14.3. The second-order valence-corrected chi connectivity index (χ2v) is 10.9. The number of benzene rings is 4. The van der Waals surface area contributed by atoms with E-state index in [4.69, 9.17) is 10.4 Å². The SMILES string of the molecule is CC=Cc1ccc(N2c3ccc(-c4ccc(-c5ccc(/C=C(\C#N)C(=O)O)cc5)cc4)cc3C3CCCCC32)cc1. The summed E-state index contributed by atoms with van der Waals surface area (Å²) in [5, 5.41) is 18.1. The summed E-state index contributed by atoms with van der Waals surface area (Å²) in [7, 11) is 0. The van der Waals surface area contributed by atoms with Gasteiger partial charge in [0.1, 0.15) is 11.6 Å². The Kier molecular flexibility index (Phi) is 7.27. The van der Waals surface area contributed by atoms with Crippen LogP contribution in [-0.4, -0.2) is 17.1 Å². The molecule has 1 N–H and O–H groups in total. The van der Waals surface area contributed by atoms with Crippen molar-refractivity contribution in [1.82, 2.24) is 0 Å². The molecule has 4 heteroatoms. The molecule has 1 saturated carbocycles. The van der Waals surface area contributed by atoms with Gasteiger partial charge in [0.2, 0.25) is 0 Å². The highest BCUT2D eigenvalue weighted by Gasteiger charge is 2.40. The van der Waals surface area contributed by atoms with Gasteiger partial charge in [0.05, 0.1) is 0 Å². The molecule has 1 aliphatic heterocycles. The molecule has 0 saturated heterocycles. The largest absolute Gasteiger partial charge is 0.477 e. The first kappa shape index (κ1) is 26.3. The molecule has 2 unspecified atom stereocenters. The number of rotatable bonds is 6. The van der Waals surface area contributed by atoms with Crippen molar-refractivity contribution in [2.45, 2.75) is 44.6 Å². The third-order valence-electron chi connectivity index (χ3n) is 8.40. The Labute approximate surface area is 241 Å². The van der Waals surface area contributed by atoms with Gasteiger partial charge < -0.3 is 10.0 Å². The van der Waals surface area contributed by atoms with Gasteiger partial charge in [-0.25, -0.2) is 4.79 Å². The molecule has 1 aliphatic carbocycles. The van der Waals surface area contributed by atoms with Crippen molar-refractivity contribution in [3.8, 4) is 28.3 Å². The van der Waals surface area contributed by atoms with E-state index in [0.29, 0.717) is 17.5 Å². The molecule has 0 amide bonds. The Hall–Kier alpha value is -4.88. The molecule has 0 bridgehead atoms. The van der Waals surface area contributed by atoms with E-state index in [0.717, 1.165) is 11.1 Å². The number of aliphatic carboxylic acids is 1. The van der Waals surface area contributed by atoms with E-state index < -0.39 is 5.97 Å². The minimum Gasteiger partial charge on any atom is -0.477 e. The van der Waals surface area contributed by atoms with Gasteiger partial charge >= 0.3 is 5.97 Å². The zero-order valence-electron chi connectivity index (χ0n) is 23.1. The first-order valence-electron chi connectivity index (χ1n) is 14.3. The molecular formula is C37H32N2O2. The van der Waals surface area contributed by atoms with Crippen LogP contribution >= 0.6 is 0 Å². The van der Waals surface area contributed by atoms with Crippen molar-refractivity contribution < 1.29 is 9.90 Å². The summed E-state index contributed by atoms with van der Waals surface area (Å²) in [6, 6.07) is 34.4. The van der Waals surface area contributed by atoms with Gasteiger partial charge in [-0.15, -0.1) is 0 Å². The van der Waals surface area contributed by atoms with Gasteiger partial charge in [-0.2, -0.15) is 5.26 Å². The molecule has 2 aliphatic rings. The standard InChI is InChI=1S/C37H32N2O2/c1-2-5-25-10-19-32(20-11-25)39-35-7-4-3-6-33(35)34-23-30(18-21-36(34)39)29-16-14-28(15-17-29)27-12-8-26(9-13-27)22-31(24-38)37(40)41/h2,5,8-23,33,35H,3-4,6-7H2,1H3,(H,40,41)/b5-2?,31-22+. The number of nitriles is 1. The van der Waals surface area contributed by atoms with Crippen LogP contribution in [0, 0.1) is 11.3 Å². The second kappa shape index (κ2) is 11.3. The third-order valence-corrected chi connectivity index (χ3v) is 8.40. The van der Waals surface area contributed by atoms with Crippen LogP contribution in [-0.2, 0) is 4.79 Å². The van der Waals surface area contributed by atoms with Crippen LogP contribution in [0.5, 0.6) is 0 Å². The number of carboxylic acids is 1. The summed E-state index contributed by atoms with van der Waals surface area (Å²) in [5.74, 6) is -0.660. The van der Waals surface area contributed by atoms with E-state index in [1.165, 1.54) is 65.4 Å². The minimum atomic E-state index is -1.22. The number of allylic oxidation sites excluding steroid dienone is 1. The van der Waals surface area contributed by atoms with Gasteiger partial charge in [0.15, 0.2) is 0 Å².